The minimum atomic E-state index is -0.371. The fourth-order valence-corrected chi connectivity index (χ4v) is 4.28. The van der Waals surface area contributed by atoms with Crippen molar-refractivity contribution in [1.82, 2.24) is 4.90 Å². The molecule has 124 valence electrons. The number of halogens is 1. The Bertz CT molecular complexity index is 223. The lowest BCUT2D eigenvalue weighted by molar-refractivity contribution is 0.253. The summed E-state index contributed by atoms with van der Waals surface area (Å²) in [4.78, 5) is 2.48. The molecule has 0 aromatic heterocycles. The van der Waals surface area contributed by atoms with E-state index >= 15 is 0 Å². The SMILES string of the molecule is CC[C@@H](CC(C)CN(C)CCCC(C)C)C[SH](C)CF. The van der Waals surface area contributed by atoms with Crippen LogP contribution in [0.25, 0.3) is 0 Å². The van der Waals surface area contributed by atoms with Gasteiger partial charge in [-0.2, -0.15) is 0 Å². The summed E-state index contributed by atoms with van der Waals surface area (Å²) in [5, 5.41) is 0. The Morgan fingerprint density at radius 3 is 2.35 bits per heavy atom. The van der Waals surface area contributed by atoms with Crippen molar-refractivity contribution >= 4 is 10.9 Å². The van der Waals surface area contributed by atoms with E-state index in [0.29, 0.717) is 0 Å². The Hall–Kier alpha value is 0.240. The summed E-state index contributed by atoms with van der Waals surface area (Å²) in [5.74, 6) is 3.38. The number of nitrogens with zero attached hydrogens (tertiary/aromatic N) is 1. The molecule has 0 saturated heterocycles. The van der Waals surface area contributed by atoms with E-state index in [0.717, 1.165) is 23.5 Å². The third kappa shape index (κ3) is 11.0. The molecule has 0 heterocycles. The van der Waals surface area contributed by atoms with Crippen LogP contribution in [0.5, 0.6) is 0 Å². The Morgan fingerprint density at radius 1 is 1.20 bits per heavy atom. The molecule has 0 spiro atoms. The fourth-order valence-electron chi connectivity index (χ4n) is 2.90. The van der Waals surface area contributed by atoms with Crippen LogP contribution in [0.2, 0.25) is 0 Å². The van der Waals surface area contributed by atoms with Crippen LogP contribution < -0.4 is 0 Å². The molecule has 0 amide bonds. The summed E-state index contributed by atoms with van der Waals surface area (Å²) in [5.41, 5.74) is 0. The molecule has 1 nitrogen and oxygen atoms in total. The van der Waals surface area contributed by atoms with Gasteiger partial charge >= 0.3 is 0 Å². The van der Waals surface area contributed by atoms with E-state index in [-0.39, 0.29) is 16.9 Å². The fraction of sp³-hybridized carbons (Fsp3) is 1.00. The first-order valence-corrected chi connectivity index (χ1v) is 10.5. The van der Waals surface area contributed by atoms with Gasteiger partial charge in [0.15, 0.2) is 0 Å². The third-order valence-corrected chi connectivity index (χ3v) is 5.58. The smallest absolute Gasteiger partial charge is 0.117 e. The van der Waals surface area contributed by atoms with E-state index in [1.807, 2.05) is 0 Å². The normalized spacial score (nSPS) is 17.6. The van der Waals surface area contributed by atoms with Crippen molar-refractivity contribution in [2.75, 3.05) is 38.2 Å². The first kappa shape index (κ1) is 20.2. The molecule has 0 aromatic carbocycles. The number of rotatable bonds is 12. The van der Waals surface area contributed by atoms with Crippen LogP contribution in [0.15, 0.2) is 0 Å². The second kappa shape index (κ2) is 11.9. The molecule has 20 heavy (non-hydrogen) atoms. The predicted octanol–water partition coefficient (Wildman–Crippen LogP) is 4.96. The summed E-state index contributed by atoms with van der Waals surface area (Å²) >= 11 is 0. The van der Waals surface area contributed by atoms with Gasteiger partial charge in [0.05, 0.1) is 0 Å². The van der Waals surface area contributed by atoms with Crippen molar-refractivity contribution in [3.63, 3.8) is 0 Å². The van der Waals surface area contributed by atoms with Crippen LogP contribution in [-0.2, 0) is 0 Å². The maximum atomic E-state index is 12.7. The molecule has 0 radical (unpaired) electrons. The van der Waals surface area contributed by atoms with Crippen LogP contribution in [0, 0.1) is 17.8 Å². The van der Waals surface area contributed by atoms with Gasteiger partial charge in [-0.25, -0.2) is 15.3 Å². The minimum Gasteiger partial charge on any atom is -0.306 e. The average molecular weight is 308 g/mol. The minimum absolute atomic E-state index is 0.102. The Balaban J connectivity index is 3.90. The molecular formula is C17H38FNS. The van der Waals surface area contributed by atoms with Gasteiger partial charge in [0.2, 0.25) is 0 Å². The molecule has 0 aliphatic rings. The molecule has 0 aliphatic heterocycles. The van der Waals surface area contributed by atoms with Gasteiger partial charge in [-0.1, -0.05) is 34.1 Å². The zero-order chi connectivity index (χ0) is 15.5. The van der Waals surface area contributed by atoms with Gasteiger partial charge < -0.3 is 4.90 Å². The summed E-state index contributed by atoms with van der Waals surface area (Å²) < 4.78 is 12.7. The number of thiol groups is 1. The lowest BCUT2D eigenvalue weighted by Gasteiger charge is -2.26. The van der Waals surface area contributed by atoms with Crippen molar-refractivity contribution in [2.45, 2.75) is 53.4 Å². The molecular weight excluding hydrogens is 269 g/mol. The van der Waals surface area contributed by atoms with E-state index in [1.165, 1.54) is 38.8 Å². The summed E-state index contributed by atoms with van der Waals surface area (Å²) in [7, 11) is 1.87. The van der Waals surface area contributed by atoms with Gasteiger partial charge in [-0.15, -0.1) is 0 Å². The average Bonchev–Trinajstić information content (AvgIpc) is 2.36. The first-order valence-electron chi connectivity index (χ1n) is 8.32. The van der Waals surface area contributed by atoms with Crippen molar-refractivity contribution in [3.05, 3.63) is 0 Å². The highest BCUT2D eigenvalue weighted by Crippen LogP contribution is 2.28. The molecule has 3 atom stereocenters. The molecule has 0 N–H and O–H groups in total. The van der Waals surface area contributed by atoms with Crippen molar-refractivity contribution in [3.8, 4) is 0 Å². The Labute approximate surface area is 130 Å². The molecule has 0 fully saturated rings. The largest absolute Gasteiger partial charge is 0.306 e. The van der Waals surface area contributed by atoms with E-state index in [4.69, 9.17) is 0 Å². The van der Waals surface area contributed by atoms with Crippen LogP contribution in [-0.4, -0.2) is 43.1 Å². The first-order chi connectivity index (χ1) is 9.38. The highest BCUT2D eigenvalue weighted by molar-refractivity contribution is 8.16. The Kier molecular flexibility index (Phi) is 12.0. The Morgan fingerprint density at radius 2 is 1.85 bits per heavy atom. The van der Waals surface area contributed by atoms with E-state index in [9.17, 15) is 4.39 Å². The third-order valence-electron chi connectivity index (χ3n) is 4.03. The lowest BCUT2D eigenvalue weighted by atomic mass is 9.95. The molecule has 0 aliphatic carbocycles. The summed E-state index contributed by atoms with van der Waals surface area (Å²) in [6.07, 6.45) is 7.19. The maximum absolute atomic E-state index is 12.7. The standard InChI is InChI=1S/C17H38FNS/c1-7-17(13-20(6)14-18)11-16(4)12-19(5)10-8-9-15(2)3/h15-17,20H,7-14H2,1-6H3/t16?,17-/m0/s1. The molecule has 0 saturated carbocycles. The molecule has 0 bridgehead atoms. The van der Waals surface area contributed by atoms with Gasteiger partial charge in [0.1, 0.15) is 6.01 Å². The number of hydrogen-bond donors (Lipinski definition) is 1. The molecule has 3 heteroatoms. The zero-order valence-electron chi connectivity index (χ0n) is 14.7. The van der Waals surface area contributed by atoms with Crippen molar-refractivity contribution < 1.29 is 4.39 Å². The van der Waals surface area contributed by atoms with Crippen molar-refractivity contribution in [1.29, 1.82) is 0 Å². The van der Waals surface area contributed by atoms with Crippen LogP contribution in [0.4, 0.5) is 4.39 Å². The van der Waals surface area contributed by atoms with Crippen LogP contribution in [0.1, 0.15) is 53.4 Å². The van der Waals surface area contributed by atoms with Gasteiger partial charge in [0.25, 0.3) is 0 Å². The van der Waals surface area contributed by atoms with Crippen molar-refractivity contribution in [2.24, 2.45) is 17.8 Å². The molecule has 0 aromatic rings. The summed E-state index contributed by atoms with van der Waals surface area (Å²) in [6, 6.07) is -0.102. The second-order valence-electron chi connectivity index (χ2n) is 7.07. The number of hydrogen-bond acceptors (Lipinski definition) is 1. The number of alkyl halides is 1. The van der Waals surface area contributed by atoms with E-state index in [1.54, 1.807) is 0 Å². The monoisotopic (exact) mass is 307 g/mol. The van der Waals surface area contributed by atoms with Gasteiger partial charge in [-0.3, -0.25) is 0 Å². The molecule has 0 rings (SSSR count). The van der Waals surface area contributed by atoms with Crippen LogP contribution in [0.3, 0.4) is 0 Å². The maximum Gasteiger partial charge on any atom is 0.117 e. The quantitative estimate of drug-likeness (QED) is 0.498. The zero-order valence-corrected chi connectivity index (χ0v) is 15.6. The highest BCUT2D eigenvalue weighted by Gasteiger charge is 2.15. The lowest BCUT2D eigenvalue weighted by Crippen LogP contribution is -2.27. The highest BCUT2D eigenvalue weighted by atomic mass is 32.2. The predicted molar refractivity (Wildman–Crippen MR) is 94.9 cm³/mol. The second-order valence-corrected chi connectivity index (χ2v) is 9.39. The van der Waals surface area contributed by atoms with E-state index in [2.05, 4.69) is 45.9 Å². The van der Waals surface area contributed by atoms with Crippen LogP contribution >= 0.6 is 10.9 Å². The summed E-state index contributed by atoms with van der Waals surface area (Å²) in [6.45, 7) is 11.6. The van der Waals surface area contributed by atoms with E-state index < -0.39 is 0 Å². The molecule has 2 unspecified atom stereocenters. The van der Waals surface area contributed by atoms with Gasteiger partial charge in [0, 0.05) is 6.54 Å². The topological polar surface area (TPSA) is 3.24 Å². The van der Waals surface area contributed by atoms with Gasteiger partial charge in [-0.05, 0) is 62.6 Å².